The second-order valence-corrected chi connectivity index (χ2v) is 8.07. The van der Waals surface area contributed by atoms with Crippen LogP contribution in [0.3, 0.4) is 0 Å². The Hall–Kier alpha value is -2.44. The van der Waals surface area contributed by atoms with Crippen molar-refractivity contribution < 1.29 is 19.1 Å². The standard InChI is InChI=1S/C22H22ClNO4S/c1-4-27-19-11-15(9-10-18(19)28-14(2)3)12-20-21(25)24(22(26)29-20)13-16-7-5-6-8-17(16)23/h5-12,14H,4,13H2,1-3H3/b20-12+. The van der Waals surface area contributed by atoms with Gasteiger partial charge in [-0.05, 0) is 67.9 Å². The van der Waals surface area contributed by atoms with Crippen molar-refractivity contribution in [2.45, 2.75) is 33.4 Å². The van der Waals surface area contributed by atoms with E-state index in [0.29, 0.717) is 28.0 Å². The van der Waals surface area contributed by atoms with E-state index in [2.05, 4.69) is 0 Å². The Morgan fingerprint density at radius 3 is 2.59 bits per heavy atom. The van der Waals surface area contributed by atoms with Gasteiger partial charge in [0.1, 0.15) is 0 Å². The lowest BCUT2D eigenvalue weighted by Gasteiger charge is -2.15. The van der Waals surface area contributed by atoms with Crippen molar-refractivity contribution in [3.05, 3.63) is 63.5 Å². The average Bonchev–Trinajstić information content (AvgIpc) is 2.93. The van der Waals surface area contributed by atoms with Crippen molar-refractivity contribution in [3.63, 3.8) is 0 Å². The van der Waals surface area contributed by atoms with E-state index in [1.54, 1.807) is 18.2 Å². The lowest BCUT2D eigenvalue weighted by Crippen LogP contribution is -2.27. The van der Waals surface area contributed by atoms with Gasteiger partial charge in [-0.15, -0.1) is 0 Å². The summed E-state index contributed by atoms with van der Waals surface area (Å²) in [7, 11) is 0. The Kier molecular flexibility index (Phi) is 6.87. The number of thioether (sulfide) groups is 1. The van der Waals surface area contributed by atoms with Crippen LogP contribution in [0.4, 0.5) is 4.79 Å². The Morgan fingerprint density at radius 1 is 1.14 bits per heavy atom. The molecule has 0 bridgehead atoms. The fourth-order valence-electron chi connectivity index (χ4n) is 2.82. The molecular formula is C22H22ClNO4S. The van der Waals surface area contributed by atoms with Crippen LogP contribution >= 0.6 is 23.4 Å². The molecular weight excluding hydrogens is 410 g/mol. The average molecular weight is 432 g/mol. The molecule has 0 saturated carbocycles. The first kappa shape index (κ1) is 21.3. The van der Waals surface area contributed by atoms with Crippen LogP contribution in [0.15, 0.2) is 47.4 Å². The first-order chi connectivity index (χ1) is 13.9. The monoisotopic (exact) mass is 431 g/mol. The molecule has 0 aromatic heterocycles. The molecule has 1 heterocycles. The molecule has 0 radical (unpaired) electrons. The Morgan fingerprint density at radius 2 is 1.90 bits per heavy atom. The van der Waals surface area contributed by atoms with Gasteiger partial charge in [0.2, 0.25) is 0 Å². The normalized spacial score (nSPS) is 15.5. The number of carbonyl (C=O) groups is 2. The molecule has 2 aromatic carbocycles. The third-order valence-corrected chi connectivity index (χ3v) is 5.36. The van der Waals surface area contributed by atoms with E-state index in [-0.39, 0.29) is 23.8 Å². The molecule has 2 amide bonds. The highest BCUT2D eigenvalue weighted by Gasteiger charge is 2.35. The van der Waals surface area contributed by atoms with E-state index in [0.717, 1.165) is 22.9 Å². The molecule has 0 unspecified atom stereocenters. The zero-order chi connectivity index (χ0) is 21.0. The minimum absolute atomic E-state index is 0.0152. The molecule has 0 spiro atoms. The predicted octanol–water partition coefficient (Wildman–Crippen LogP) is 5.76. The van der Waals surface area contributed by atoms with Crippen LogP contribution in [0.5, 0.6) is 11.5 Å². The van der Waals surface area contributed by atoms with Crippen LogP contribution in [-0.2, 0) is 11.3 Å². The van der Waals surface area contributed by atoms with Crippen LogP contribution in [0.25, 0.3) is 6.08 Å². The summed E-state index contributed by atoms with van der Waals surface area (Å²) in [6.45, 7) is 6.42. The molecule has 1 aliphatic heterocycles. The number of benzene rings is 2. The zero-order valence-electron chi connectivity index (χ0n) is 16.5. The summed E-state index contributed by atoms with van der Waals surface area (Å²) in [5.41, 5.74) is 1.49. The van der Waals surface area contributed by atoms with E-state index in [9.17, 15) is 9.59 Å². The van der Waals surface area contributed by atoms with Gasteiger partial charge in [0.05, 0.1) is 24.2 Å². The largest absolute Gasteiger partial charge is 0.490 e. The Labute approximate surface area is 179 Å². The molecule has 29 heavy (non-hydrogen) atoms. The maximum absolute atomic E-state index is 12.8. The summed E-state index contributed by atoms with van der Waals surface area (Å²) >= 11 is 7.08. The predicted molar refractivity (Wildman–Crippen MR) is 116 cm³/mol. The highest BCUT2D eigenvalue weighted by atomic mass is 35.5. The van der Waals surface area contributed by atoms with Gasteiger partial charge in [0.25, 0.3) is 11.1 Å². The van der Waals surface area contributed by atoms with Crippen LogP contribution in [0, 0.1) is 0 Å². The third-order valence-electron chi connectivity index (χ3n) is 4.09. The molecule has 3 rings (SSSR count). The molecule has 0 atom stereocenters. The second-order valence-electron chi connectivity index (χ2n) is 6.67. The second kappa shape index (κ2) is 9.37. The first-order valence-corrected chi connectivity index (χ1v) is 10.5. The first-order valence-electron chi connectivity index (χ1n) is 9.31. The summed E-state index contributed by atoms with van der Waals surface area (Å²) in [6.07, 6.45) is 1.71. The fourth-order valence-corrected chi connectivity index (χ4v) is 3.85. The number of imide groups is 1. The number of amides is 2. The maximum atomic E-state index is 12.8. The lowest BCUT2D eigenvalue weighted by molar-refractivity contribution is -0.123. The van der Waals surface area contributed by atoms with Crippen molar-refractivity contribution >= 4 is 40.6 Å². The fraction of sp³-hybridized carbons (Fsp3) is 0.273. The quantitative estimate of drug-likeness (QED) is 0.521. The summed E-state index contributed by atoms with van der Waals surface area (Å²) < 4.78 is 11.4. The van der Waals surface area contributed by atoms with Gasteiger partial charge in [0, 0.05) is 5.02 Å². The number of hydrogen-bond donors (Lipinski definition) is 0. The van der Waals surface area contributed by atoms with E-state index in [4.69, 9.17) is 21.1 Å². The maximum Gasteiger partial charge on any atom is 0.293 e. The number of hydrogen-bond acceptors (Lipinski definition) is 5. The van der Waals surface area contributed by atoms with Gasteiger partial charge in [0.15, 0.2) is 11.5 Å². The van der Waals surface area contributed by atoms with Crippen LogP contribution in [0.2, 0.25) is 5.02 Å². The highest BCUT2D eigenvalue weighted by Crippen LogP contribution is 2.36. The zero-order valence-corrected chi connectivity index (χ0v) is 18.0. The topological polar surface area (TPSA) is 55.8 Å². The molecule has 1 fully saturated rings. The molecule has 1 saturated heterocycles. The lowest BCUT2D eigenvalue weighted by atomic mass is 10.1. The Balaban J connectivity index is 1.83. The van der Waals surface area contributed by atoms with Gasteiger partial charge in [-0.2, -0.15) is 0 Å². The van der Waals surface area contributed by atoms with E-state index < -0.39 is 0 Å². The summed E-state index contributed by atoms with van der Waals surface area (Å²) in [6, 6.07) is 12.6. The van der Waals surface area contributed by atoms with Crippen molar-refractivity contribution in [2.24, 2.45) is 0 Å². The number of halogens is 1. The van der Waals surface area contributed by atoms with E-state index in [1.807, 2.05) is 51.1 Å². The summed E-state index contributed by atoms with van der Waals surface area (Å²) in [5.74, 6) is 0.913. The van der Waals surface area contributed by atoms with Gasteiger partial charge in [-0.1, -0.05) is 35.9 Å². The van der Waals surface area contributed by atoms with Gasteiger partial charge < -0.3 is 9.47 Å². The van der Waals surface area contributed by atoms with Crippen LogP contribution in [0.1, 0.15) is 31.9 Å². The van der Waals surface area contributed by atoms with E-state index in [1.165, 1.54) is 4.90 Å². The number of nitrogens with zero attached hydrogens (tertiary/aromatic N) is 1. The Bertz CT molecular complexity index is 958. The number of ether oxygens (including phenoxy) is 2. The highest BCUT2D eigenvalue weighted by molar-refractivity contribution is 8.18. The summed E-state index contributed by atoms with van der Waals surface area (Å²) in [5, 5.41) is 0.212. The number of rotatable bonds is 7. The van der Waals surface area contributed by atoms with Crippen molar-refractivity contribution in [2.75, 3.05) is 6.61 Å². The molecule has 152 valence electrons. The molecule has 7 heteroatoms. The molecule has 1 aliphatic rings. The van der Waals surface area contributed by atoms with Gasteiger partial charge in [-0.25, -0.2) is 0 Å². The van der Waals surface area contributed by atoms with Crippen molar-refractivity contribution in [3.8, 4) is 11.5 Å². The molecule has 0 N–H and O–H groups in total. The molecule has 5 nitrogen and oxygen atoms in total. The minimum Gasteiger partial charge on any atom is -0.490 e. The smallest absolute Gasteiger partial charge is 0.293 e. The number of carbonyl (C=O) groups excluding carboxylic acids is 2. The minimum atomic E-state index is -0.333. The van der Waals surface area contributed by atoms with Gasteiger partial charge in [-0.3, -0.25) is 14.5 Å². The molecule has 2 aromatic rings. The van der Waals surface area contributed by atoms with Crippen molar-refractivity contribution in [1.29, 1.82) is 0 Å². The SMILES string of the molecule is CCOc1cc(/C=C2/SC(=O)N(Cc3ccccc3Cl)C2=O)ccc1OC(C)C. The summed E-state index contributed by atoms with van der Waals surface area (Å²) in [4.78, 5) is 26.7. The van der Waals surface area contributed by atoms with Crippen molar-refractivity contribution in [1.82, 2.24) is 4.90 Å². The molecule has 0 aliphatic carbocycles. The third kappa shape index (κ3) is 5.14. The van der Waals surface area contributed by atoms with Crippen LogP contribution in [-0.4, -0.2) is 28.8 Å². The van der Waals surface area contributed by atoms with Gasteiger partial charge >= 0.3 is 0 Å². The van der Waals surface area contributed by atoms with Crippen LogP contribution < -0.4 is 9.47 Å². The van der Waals surface area contributed by atoms with E-state index >= 15 is 0 Å².